The summed E-state index contributed by atoms with van der Waals surface area (Å²) >= 11 is 0. The van der Waals surface area contributed by atoms with E-state index in [-0.39, 0.29) is 6.61 Å². The monoisotopic (exact) mass is 323 g/mol. The highest BCUT2D eigenvalue weighted by atomic mass is 16.5. The van der Waals surface area contributed by atoms with Crippen molar-refractivity contribution in [2.45, 2.75) is 27.0 Å². The summed E-state index contributed by atoms with van der Waals surface area (Å²) in [6.45, 7) is 5.91. The molecule has 24 heavy (non-hydrogen) atoms. The van der Waals surface area contributed by atoms with Crippen molar-refractivity contribution in [3.05, 3.63) is 71.9 Å². The fourth-order valence-corrected chi connectivity index (χ4v) is 2.45. The van der Waals surface area contributed by atoms with Crippen LogP contribution < -0.4 is 9.64 Å². The Morgan fingerprint density at radius 2 is 1.79 bits per heavy atom. The maximum Gasteiger partial charge on any atom is 0.253 e. The maximum atomic E-state index is 5.70. The highest BCUT2D eigenvalue weighted by Gasteiger charge is 2.12. The second-order valence-corrected chi connectivity index (χ2v) is 5.54. The average Bonchev–Trinajstić information content (AvgIpc) is 3.06. The number of hydrogen-bond donors (Lipinski definition) is 0. The maximum absolute atomic E-state index is 5.70. The Labute approximate surface area is 141 Å². The number of para-hydroxylation sites is 1. The van der Waals surface area contributed by atoms with Gasteiger partial charge >= 0.3 is 0 Å². The summed E-state index contributed by atoms with van der Waals surface area (Å²) < 4.78 is 11.3. The normalized spacial score (nSPS) is 10.6. The van der Waals surface area contributed by atoms with Gasteiger partial charge in [-0.05, 0) is 43.7 Å². The summed E-state index contributed by atoms with van der Waals surface area (Å²) in [5.74, 6) is 1.85. The van der Waals surface area contributed by atoms with Crippen LogP contribution in [0.4, 0.5) is 5.69 Å². The number of anilines is 1. The minimum atomic E-state index is 0.271. The van der Waals surface area contributed by atoms with Gasteiger partial charge in [0.05, 0.1) is 6.54 Å². The van der Waals surface area contributed by atoms with Gasteiger partial charge in [0.15, 0.2) is 6.61 Å². The highest BCUT2D eigenvalue weighted by Crippen LogP contribution is 2.18. The molecule has 0 saturated carbocycles. The summed E-state index contributed by atoms with van der Waals surface area (Å²) in [6, 6.07) is 18.0. The van der Waals surface area contributed by atoms with Crippen LogP contribution in [0.2, 0.25) is 0 Å². The number of hydrogen-bond acceptors (Lipinski definition) is 5. The molecular weight excluding hydrogens is 302 g/mol. The molecule has 124 valence electrons. The molecule has 3 rings (SSSR count). The predicted octanol–water partition coefficient (Wildman–Crippen LogP) is 3.98. The Bertz CT molecular complexity index is 771. The molecule has 5 nitrogen and oxygen atoms in total. The van der Waals surface area contributed by atoms with Crippen LogP contribution in [0.15, 0.2) is 59.0 Å². The number of rotatable bonds is 7. The fraction of sp³-hybridized carbons (Fsp3) is 0.263. The van der Waals surface area contributed by atoms with Gasteiger partial charge in [-0.1, -0.05) is 30.3 Å². The summed E-state index contributed by atoms with van der Waals surface area (Å²) in [4.78, 5) is 2.20. The van der Waals surface area contributed by atoms with Crippen LogP contribution in [-0.2, 0) is 13.2 Å². The van der Waals surface area contributed by atoms with Crippen LogP contribution in [0.25, 0.3) is 0 Å². The topological polar surface area (TPSA) is 51.4 Å². The van der Waals surface area contributed by atoms with E-state index in [1.165, 1.54) is 5.56 Å². The third-order valence-electron chi connectivity index (χ3n) is 3.69. The van der Waals surface area contributed by atoms with E-state index in [1.54, 1.807) is 0 Å². The smallest absolute Gasteiger partial charge is 0.253 e. The second kappa shape index (κ2) is 7.64. The second-order valence-electron chi connectivity index (χ2n) is 5.54. The molecule has 0 N–H and O–H groups in total. The molecule has 0 bridgehead atoms. The lowest BCUT2D eigenvalue weighted by atomic mass is 10.2. The van der Waals surface area contributed by atoms with Crippen molar-refractivity contribution in [2.75, 3.05) is 11.4 Å². The largest absolute Gasteiger partial charge is 0.484 e. The molecule has 5 heteroatoms. The zero-order valence-corrected chi connectivity index (χ0v) is 14.0. The predicted molar refractivity (Wildman–Crippen MR) is 93.0 cm³/mol. The van der Waals surface area contributed by atoms with Gasteiger partial charge in [-0.25, -0.2) is 0 Å². The summed E-state index contributed by atoms with van der Waals surface area (Å²) in [6.07, 6.45) is 0. The molecule has 0 atom stereocenters. The lowest BCUT2D eigenvalue weighted by Crippen LogP contribution is -2.22. The van der Waals surface area contributed by atoms with Crippen molar-refractivity contribution >= 4 is 5.69 Å². The molecule has 0 unspecified atom stereocenters. The summed E-state index contributed by atoms with van der Waals surface area (Å²) in [5.41, 5.74) is 2.38. The summed E-state index contributed by atoms with van der Waals surface area (Å²) in [7, 11) is 0. The van der Waals surface area contributed by atoms with E-state index in [2.05, 4.69) is 53.2 Å². The molecule has 0 spiro atoms. The van der Waals surface area contributed by atoms with E-state index in [0.29, 0.717) is 18.3 Å². The molecule has 0 saturated heterocycles. The van der Waals surface area contributed by atoms with Gasteiger partial charge in [-0.3, -0.25) is 0 Å². The first-order chi connectivity index (χ1) is 11.7. The highest BCUT2D eigenvalue weighted by molar-refractivity contribution is 5.48. The molecule has 0 aliphatic rings. The molecule has 3 aromatic rings. The first-order valence-electron chi connectivity index (χ1n) is 8.05. The van der Waals surface area contributed by atoms with Crippen molar-refractivity contribution in [1.82, 2.24) is 10.2 Å². The third kappa shape index (κ3) is 4.13. The zero-order valence-electron chi connectivity index (χ0n) is 14.0. The number of aromatic nitrogens is 2. The number of benzene rings is 2. The van der Waals surface area contributed by atoms with Crippen LogP contribution in [-0.4, -0.2) is 16.7 Å². The zero-order chi connectivity index (χ0) is 16.8. The number of nitrogens with zero attached hydrogens (tertiary/aromatic N) is 3. The van der Waals surface area contributed by atoms with Gasteiger partial charge in [0, 0.05) is 12.2 Å². The van der Waals surface area contributed by atoms with Crippen LogP contribution in [0.5, 0.6) is 5.75 Å². The van der Waals surface area contributed by atoms with Crippen LogP contribution in [0, 0.1) is 6.92 Å². The SMILES string of the molecule is CCN(Cc1nnc(COc2ccccc2)o1)c1cccc(C)c1. The van der Waals surface area contributed by atoms with Crippen molar-refractivity contribution in [2.24, 2.45) is 0 Å². The molecule has 2 aromatic carbocycles. The third-order valence-corrected chi connectivity index (χ3v) is 3.69. The van der Waals surface area contributed by atoms with Crippen molar-refractivity contribution in [3.8, 4) is 5.75 Å². The van der Waals surface area contributed by atoms with Crippen LogP contribution in [0.1, 0.15) is 24.3 Å². The molecule has 1 heterocycles. The van der Waals surface area contributed by atoms with E-state index in [0.717, 1.165) is 18.0 Å². The van der Waals surface area contributed by atoms with Crippen LogP contribution in [0.3, 0.4) is 0 Å². The minimum Gasteiger partial charge on any atom is -0.484 e. The van der Waals surface area contributed by atoms with Crippen molar-refractivity contribution in [3.63, 3.8) is 0 Å². The molecule has 0 aliphatic carbocycles. The van der Waals surface area contributed by atoms with Gasteiger partial charge in [-0.15, -0.1) is 10.2 Å². The quantitative estimate of drug-likeness (QED) is 0.658. The minimum absolute atomic E-state index is 0.271. The van der Waals surface area contributed by atoms with Crippen molar-refractivity contribution < 1.29 is 9.15 Å². The van der Waals surface area contributed by atoms with E-state index in [9.17, 15) is 0 Å². The molecule has 0 fully saturated rings. The Kier molecular flexibility index (Phi) is 5.11. The Balaban J connectivity index is 1.62. The number of aryl methyl sites for hydroxylation is 1. The summed E-state index contributed by atoms with van der Waals surface area (Å²) in [5, 5.41) is 8.19. The lowest BCUT2D eigenvalue weighted by Gasteiger charge is -2.21. The van der Waals surface area contributed by atoms with Gasteiger partial charge in [0.25, 0.3) is 5.89 Å². The Morgan fingerprint density at radius 3 is 2.54 bits per heavy atom. The van der Waals surface area contributed by atoms with Gasteiger partial charge < -0.3 is 14.1 Å². The molecule has 1 aromatic heterocycles. The Hall–Kier alpha value is -2.82. The van der Waals surface area contributed by atoms with E-state index in [1.807, 2.05) is 30.3 Å². The standard InChI is InChI=1S/C19H21N3O2/c1-3-22(16-9-7-8-15(2)12-16)13-18-20-21-19(24-18)14-23-17-10-5-4-6-11-17/h4-12H,3,13-14H2,1-2H3. The van der Waals surface area contributed by atoms with Crippen molar-refractivity contribution in [1.29, 1.82) is 0 Å². The number of ether oxygens (including phenoxy) is 1. The molecule has 0 aliphatic heterocycles. The van der Waals surface area contributed by atoms with Crippen LogP contribution >= 0.6 is 0 Å². The fourth-order valence-electron chi connectivity index (χ4n) is 2.45. The molecular formula is C19H21N3O2. The van der Waals surface area contributed by atoms with E-state index in [4.69, 9.17) is 9.15 Å². The average molecular weight is 323 g/mol. The van der Waals surface area contributed by atoms with Gasteiger partial charge in [0.1, 0.15) is 5.75 Å². The first-order valence-corrected chi connectivity index (χ1v) is 8.05. The van der Waals surface area contributed by atoms with Gasteiger partial charge in [-0.2, -0.15) is 0 Å². The molecule has 0 amide bonds. The van der Waals surface area contributed by atoms with E-state index >= 15 is 0 Å². The van der Waals surface area contributed by atoms with Gasteiger partial charge in [0.2, 0.25) is 5.89 Å². The first kappa shape index (κ1) is 16.1. The lowest BCUT2D eigenvalue weighted by molar-refractivity contribution is 0.259. The van der Waals surface area contributed by atoms with E-state index < -0.39 is 0 Å². The molecule has 0 radical (unpaired) electrons. The Morgan fingerprint density at radius 1 is 1.00 bits per heavy atom.